The summed E-state index contributed by atoms with van der Waals surface area (Å²) in [6, 6.07) is 51.4. The van der Waals surface area contributed by atoms with E-state index in [1.165, 1.54) is 0 Å². The summed E-state index contributed by atoms with van der Waals surface area (Å²) in [6.45, 7) is 36.1. The lowest BCUT2D eigenvalue weighted by atomic mass is 9.97. The van der Waals surface area contributed by atoms with Crippen molar-refractivity contribution in [2.24, 2.45) is 0 Å². The van der Waals surface area contributed by atoms with E-state index in [4.69, 9.17) is 46.4 Å². The van der Waals surface area contributed by atoms with Gasteiger partial charge in [0.2, 0.25) is 0 Å². The molecule has 10 nitrogen and oxygen atoms in total. The van der Waals surface area contributed by atoms with Gasteiger partial charge in [0.05, 0.1) is 39.6 Å². The quantitative estimate of drug-likeness (QED) is 0.0553. The molecular weight excluding hydrogens is 1050 g/mol. The Kier molecular flexibility index (Phi) is 21.7. The fourth-order valence-electron chi connectivity index (χ4n) is 8.77. The minimum absolute atomic E-state index is 0.133. The van der Waals surface area contributed by atoms with E-state index in [-0.39, 0.29) is 28.3 Å². The molecule has 0 spiro atoms. The van der Waals surface area contributed by atoms with Crippen molar-refractivity contribution in [1.82, 2.24) is 0 Å². The van der Waals surface area contributed by atoms with E-state index in [0.717, 1.165) is 27.1 Å². The Hall–Kier alpha value is -3.30. The van der Waals surface area contributed by atoms with Crippen LogP contribution in [-0.2, 0) is 72.9 Å². The normalized spacial score (nSPS) is 24.8. The van der Waals surface area contributed by atoms with Crippen molar-refractivity contribution >= 4 is 36.7 Å². The Morgan fingerprint density at radius 3 is 1.14 bits per heavy atom. The van der Waals surface area contributed by atoms with Crippen LogP contribution in [0.15, 0.2) is 157 Å². The van der Waals surface area contributed by atoms with Gasteiger partial charge >= 0.3 is 0 Å². The number of thioether (sulfide) groups is 1. The number of rotatable bonds is 24. The van der Waals surface area contributed by atoms with Gasteiger partial charge < -0.3 is 46.4 Å². The maximum atomic E-state index is 7.87. The highest BCUT2D eigenvalue weighted by Crippen LogP contribution is 2.47. The molecule has 78 heavy (non-hydrogen) atoms. The molecule has 0 bridgehead atoms. The van der Waals surface area contributed by atoms with Crippen LogP contribution in [0.5, 0.6) is 0 Å². The maximum absolute atomic E-state index is 7.87. The van der Waals surface area contributed by atoms with Crippen LogP contribution >= 0.6 is 11.8 Å². The van der Waals surface area contributed by atoms with Crippen molar-refractivity contribution in [3.63, 3.8) is 0 Å². The van der Waals surface area contributed by atoms with E-state index in [9.17, 15) is 0 Å². The third-order valence-electron chi connectivity index (χ3n) is 16.5. The fraction of sp³-hybridized carbons (Fsp3) is 0.531. The Labute approximate surface area is 476 Å². The lowest BCUT2D eigenvalue weighted by Gasteiger charge is -2.55. The van der Waals surface area contributed by atoms with Gasteiger partial charge in [-0.05, 0) is 88.8 Å². The number of hydrogen-bond acceptors (Lipinski definition) is 11. The SMILES string of the molecule is CC(C)(C)[Si](C)(C)O[C@@H]1[C@@H](O[Si](C)(C)C(C)(C)C)[C@H](O[C@H]2[C@H](OCc3ccccc3)[C@@H](OCc3ccccc3)[C@H](Sc3ccccc3)O[C@@H]2COCc2ccccc2)O[C@H](COCc2ccccc2)[C@H]1O[Si](C)(C)C(C)(C)C. The van der Waals surface area contributed by atoms with E-state index in [1.807, 2.05) is 91.0 Å². The number of benzene rings is 5. The Bertz CT molecular complexity index is 2520. The van der Waals surface area contributed by atoms with Crippen LogP contribution in [0.3, 0.4) is 0 Å². The van der Waals surface area contributed by atoms with Crippen LogP contribution in [-0.4, -0.2) is 98.7 Å². The number of hydrogen-bond donors (Lipinski definition) is 0. The largest absolute Gasteiger partial charge is 0.408 e. The predicted molar refractivity (Wildman–Crippen MR) is 323 cm³/mol. The molecule has 2 fully saturated rings. The van der Waals surface area contributed by atoms with E-state index in [1.54, 1.807) is 11.8 Å². The topological polar surface area (TPSA) is 92.3 Å². The summed E-state index contributed by atoms with van der Waals surface area (Å²) in [7, 11) is -7.82. The van der Waals surface area contributed by atoms with Gasteiger partial charge in [0.25, 0.3) is 0 Å². The fourth-order valence-corrected chi connectivity index (χ4v) is 13.8. The van der Waals surface area contributed by atoms with Gasteiger partial charge in [0.1, 0.15) is 54.3 Å². The molecule has 10 atom stereocenters. The molecule has 0 aliphatic carbocycles. The van der Waals surface area contributed by atoms with Crippen molar-refractivity contribution in [1.29, 1.82) is 0 Å². The van der Waals surface area contributed by atoms with Crippen LogP contribution in [0.25, 0.3) is 0 Å². The molecular formula is C64H92O10SSi3. The maximum Gasteiger partial charge on any atom is 0.192 e. The Morgan fingerprint density at radius 1 is 0.385 bits per heavy atom. The molecule has 7 rings (SSSR count). The highest BCUT2D eigenvalue weighted by atomic mass is 32.2. The molecule has 2 aliphatic rings. The van der Waals surface area contributed by atoms with Crippen LogP contribution in [0.2, 0.25) is 54.4 Å². The lowest BCUT2D eigenvalue weighted by Crippen LogP contribution is -2.70. The van der Waals surface area contributed by atoms with Crippen LogP contribution in [0, 0.1) is 0 Å². The molecule has 0 N–H and O–H groups in total. The molecule has 0 radical (unpaired) electrons. The second-order valence-electron chi connectivity index (χ2n) is 25.7. The summed E-state index contributed by atoms with van der Waals surface area (Å²) in [5.74, 6) is 0. The second kappa shape index (κ2) is 27.2. The van der Waals surface area contributed by atoms with E-state index < -0.39 is 85.5 Å². The van der Waals surface area contributed by atoms with E-state index in [0.29, 0.717) is 26.4 Å². The van der Waals surface area contributed by atoms with Gasteiger partial charge in [-0.25, -0.2) is 0 Å². The molecule has 2 saturated heterocycles. The molecule has 5 aromatic rings. The zero-order valence-electron chi connectivity index (χ0n) is 49.4. The average Bonchev–Trinajstić information content (AvgIpc) is 3.56. The minimum atomic E-state index is -2.66. The highest BCUT2D eigenvalue weighted by Gasteiger charge is 2.59. The van der Waals surface area contributed by atoms with Gasteiger partial charge in [-0.2, -0.15) is 0 Å². The zero-order valence-corrected chi connectivity index (χ0v) is 53.3. The summed E-state index contributed by atoms with van der Waals surface area (Å²) in [5.41, 5.74) is 3.63. The van der Waals surface area contributed by atoms with Crippen molar-refractivity contribution in [3.05, 3.63) is 174 Å². The first-order chi connectivity index (χ1) is 36.8. The van der Waals surface area contributed by atoms with Gasteiger partial charge in [-0.15, -0.1) is 0 Å². The van der Waals surface area contributed by atoms with Gasteiger partial charge in [-0.1, -0.05) is 214 Å². The van der Waals surface area contributed by atoms with Crippen molar-refractivity contribution in [3.8, 4) is 0 Å². The van der Waals surface area contributed by atoms with Gasteiger partial charge in [0.15, 0.2) is 31.2 Å². The van der Waals surface area contributed by atoms with Crippen molar-refractivity contribution in [2.45, 2.75) is 209 Å². The first kappa shape index (κ1) is 62.3. The van der Waals surface area contributed by atoms with Gasteiger partial charge in [-0.3, -0.25) is 0 Å². The van der Waals surface area contributed by atoms with Gasteiger partial charge in [0, 0.05) is 4.90 Å². The highest BCUT2D eigenvalue weighted by molar-refractivity contribution is 7.99. The average molecular weight is 1140 g/mol. The number of ether oxygens (including phenoxy) is 7. The molecule has 2 aliphatic heterocycles. The second-order valence-corrected chi connectivity index (χ2v) is 41.1. The monoisotopic (exact) mass is 1140 g/mol. The molecule has 5 aromatic carbocycles. The van der Waals surface area contributed by atoms with Crippen LogP contribution in [0.1, 0.15) is 84.6 Å². The lowest BCUT2D eigenvalue weighted by molar-refractivity contribution is -0.340. The molecule has 426 valence electrons. The summed E-state index contributed by atoms with van der Waals surface area (Å²) >= 11 is 1.62. The third-order valence-corrected chi connectivity index (χ3v) is 31.1. The van der Waals surface area contributed by atoms with E-state index >= 15 is 0 Å². The minimum Gasteiger partial charge on any atom is -0.408 e. The first-order valence-corrected chi connectivity index (χ1v) is 37.7. The Morgan fingerprint density at radius 2 is 0.731 bits per heavy atom. The predicted octanol–water partition coefficient (Wildman–Crippen LogP) is 15.4. The molecule has 2 heterocycles. The summed E-state index contributed by atoms with van der Waals surface area (Å²) in [5, 5.41) is -0.481. The third kappa shape index (κ3) is 16.9. The molecule has 0 aromatic heterocycles. The summed E-state index contributed by atoms with van der Waals surface area (Å²) < 4.78 is 74.3. The Balaban J connectivity index is 1.40. The summed E-state index contributed by atoms with van der Waals surface area (Å²) in [6.07, 6.45) is -6.42. The summed E-state index contributed by atoms with van der Waals surface area (Å²) in [4.78, 5) is 1.04. The smallest absolute Gasteiger partial charge is 0.192 e. The molecule has 0 amide bonds. The van der Waals surface area contributed by atoms with Crippen LogP contribution < -0.4 is 0 Å². The molecule has 0 saturated carbocycles. The van der Waals surface area contributed by atoms with Crippen LogP contribution in [0.4, 0.5) is 0 Å². The first-order valence-electron chi connectivity index (χ1n) is 28.1. The zero-order chi connectivity index (χ0) is 56.4. The molecule has 0 unspecified atom stereocenters. The molecule has 14 heteroatoms. The van der Waals surface area contributed by atoms with E-state index in [2.05, 4.69) is 162 Å². The van der Waals surface area contributed by atoms with Crippen molar-refractivity contribution in [2.75, 3.05) is 13.2 Å². The standard InChI is InChI=1S/C64H92O10SSi3/c1-62(2,3)76(10,11)72-55-53(46-66-42-48-33-23-17-24-34-48)69-60(58(74-78(14,15)64(7,8)9)57(55)73-77(12,13)63(4,5)6)71-54-52(45-65-41-47-31-21-16-22-32-47)70-61(75-51-39-29-20-30-40-51)59(68-44-50-37-27-19-28-38-50)56(54)67-43-49-35-25-18-26-36-49/h16-40,52-61H,41-46H2,1-15H3/t52-,53-,54-,55-,56+,57+,58-,59-,60+,61+/m1/s1. The van der Waals surface area contributed by atoms with Crippen molar-refractivity contribution < 1.29 is 46.4 Å².